The van der Waals surface area contributed by atoms with Gasteiger partial charge in [-0.1, -0.05) is 124 Å². The normalized spacial score (nSPS) is 11.9. The van der Waals surface area contributed by atoms with Crippen LogP contribution in [0.25, 0.3) is 117 Å². The van der Waals surface area contributed by atoms with Crippen LogP contribution < -0.4 is 54.6 Å². The van der Waals surface area contributed by atoms with Crippen molar-refractivity contribution in [1.29, 1.82) is 0 Å². The zero-order valence-corrected chi connectivity index (χ0v) is 35.4. The number of furan rings is 2. The minimum atomic E-state index is 0.0670. The van der Waals surface area contributed by atoms with Crippen molar-refractivity contribution in [1.82, 2.24) is 19.5 Å². The van der Waals surface area contributed by atoms with Crippen molar-refractivity contribution in [3.05, 3.63) is 121 Å². The molecular weight excluding hydrogens is 809 g/mol. The molecule has 12 aromatic rings. The van der Waals surface area contributed by atoms with Crippen LogP contribution in [0.3, 0.4) is 0 Å². The quantitative estimate of drug-likeness (QED) is 0.246. The van der Waals surface area contributed by atoms with E-state index in [1.165, 1.54) is 0 Å². The molecular formula is C51H20B10N4O2. The molecule has 0 amide bonds. The van der Waals surface area contributed by atoms with Crippen LogP contribution in [0, 0.1) is 0 Å². The van der Waals surface area contributed by atoms with Crippen molar-refractivity contribution >= 4 is 199 Å². The zero-order valence-electron chi connectivity index (χ0n) is 35.4. The van der Waals surface area contributed by atoms with Gasteiger partial charge in [0.25, 0.3) is 0 Å². The van der Waals surface area contributed by atoms with Crippen molar-refractivity contribution in [3.8, 4) is 51.0 Å². The number of hydrogen-bond acceptors (Lipinski definition) is 5. The van der Waals surface area contributed by atoms with E-state index in [0.717, 1.165) is 27.6 Å². The van der Waals surface area contributed by atoms with E-state index in [-0.39, 0.29) is 65.8 Å². The fourth-order valence-corrected chi connectivity index (χ4v) is 9.43. The molecule has 8 aromatic carbocycles. The Kier molecular flexibility index (Phi) is 9.35. The molecule has 0 spiro atoms. The average molecular weight is 829 g/mol. The van der Waals surface area contributed by atoms with Crippen LogP contribution in [-0.4, -0.2) is 98.0 Å². The highest BCUT2D eigenvalue weighted by Crippen LogP contribution is 2.41. The van der Waals surface area contributed by atoms with Crippen LogP contribution >= 0.6 is 0 Å². The summed E-state index contributed by atoms with van der Waals surface area (Å²) in [6, 6.07) is 39.6. The third-order valence-corrected chi connectivity index (χ3v) is 12.8. The SMILES string of the molecule is [B]c1c([B])c([B])c2c(oc3c2c([B])c([B])c2c4c([B])c([B])c([B])c([B])c4n(-c4cccc5oc6cc(-c7nc(-c8ccccc8)nc(-c8cccc(-c9ccccc9)c8)n7)ccc6c45)c32)c1[B]. The number of hydrogen-bond donors (Lipinski definition) is 0. The second-order valence-corrected chi connectivity index (χ2v) is 16.5. The van der Waals surface area contributed by atoms with Crippen LogP contribution in [0.15, 0.2) is 130 Å². The van der Waals surface area contributed by atoms with E-state index in [1.54, 1.807) is 0 Å². The predicted molar refractivity (Wildman–Crippen MR) is 284 cm³/mol. The van der Waals surface area contributed by atoms with Crippen LogP contribution in [0.5, 0.6) is 0 Å². The first kappa shape index (κ1) is 41.3. The summed E-state index contributed by atoms with van der Waals surface area (Å²) in [7, 11) is 66.7. The van der Waals surface area contributed by atoms with E-state index in [4.69, 9.17) is 102 Å². The molecule has 0 fully saturated rings. The number of aromatic nitrogens is 4. The summed E-state index contributed by atoms with van der Waals surface area (Å²) in [4.78, 5) is 15.0. The maximum Gasteiger partial charge on any atom is 0.164 e. The minimum absolute atomic E-state index is 0.0670. The van der Waals surface area contributed by atoms with Gasteiger partial charge in [-0.05, 0) is 46.8 Å². The molecule has 12 rings (SSSR count). The highest BCUT2D eigenvalue weighted by atomic mass is 16.3. The van der Waals surface area contributed by atoms with Gasteiger partial charge in [0.05, 0.1) is 16.6 Å². The Labute approximate surface area is 397 Å². The first-order chi connectivity index (χ1) is 32.4. The maximum atomic E-state index is 7.03. The lowest BCUT2D eigenvalue weighted by molar-refractivity contribution is 0.668. The highest BCUT2D eigenvalue weighted by molar-refractivity contribution is 6.71. The molecule has 67 heavy (non-hydrogen) atoms. The lowest BCUT2D eigenvalue weighted by Crippen LogP contribution is -2.48. The molecule has 0 saturated heterocycles. The molecule has 20 radical (unpaired) electrons. The maximum absolute atomic E-state index is 7.03. The summed E-state index contributed by atoms with van der Waals surface area (Å²) in [5.41, 5.74) is 8.58. The first-order valence-corrected chi connectivity index (χ1v) is 21.1. The van der Waals surface area contributed by atoms with Crippen LogP contribution in [0.1, 0.15) is 0 Å². The highest BCUT2D eigenvalue weighted by Gasteiger charge is 2.28. The topological polar surface area (TPSA) is 69.9 Å². The summed E-state index contributed by atoms with van der Waals surface area (Å²) in [5, 5.41) is 3.00. The smallest absolute Gasteiger partial charge is 0.164 e. The zero-order chi connectivity index (χ0) is 46.2. The van der Waals surface area contributed by atoms with Crippen molar-refractivity contribution in [2.24, 2.45) is 0 Å². The van der Waals surface area contributed by atoms with E-state index in [1.807, 2.05) is 102 Å². The molecule has 0 atom stereocenters. The monoisotopic (exact) mass is 830 g/mol. The van der Waals surface area contributed by atoms with Gasteiger partial charge in [-0.3, -0.25) is 0 Å². The minimum Gasteiger partial charge on any atom is -0.456 e. The Hall–Kier alpha value is -7.18. The number of fused-ring (bicyclic) bond motifs is 10. The third kappa shape index (κ3) is 6.01. The number of rotatable bonds is 5. The summed E-state index contributed by atoms with van der Waals surface area (Å²) in [5.74, 6) is 1.49. The van der Waals surface area contributed by atoms with Gasteiger partial charge >= 0.3 is 0 Å². The molecule has 0 saturated carbocycles. The standard InChI is InChI=1S/C51H20B10N4O2/c52-35-32-31-36(53)39(56)41(58)43(60)45(31)65(46(32)48-34(37(35)54)33-38(55)40(57)42(59)44(61)47(33)67-48)27-15-8-16-28-30(27)26-18-17-25(20-29(26)66-28)51-63-49(22-11-5-2-6-12-22)62-50(64-51)24-14-7-13-23(19-24)21-9-3-1-4-10-21/h1-20H. The summed E-state index contributed by atoms with van der Waals surface area (Å²) in [6.07, 6.45) is 0. The van der Waals surface area contributed by atoms with Gasteiger partial charge in [0.15, 0.2) is 23.1 Å². The number of benzene rings is 8. The van der Waals surface area contributed by atoms with Crippen molar-refractivity contribution < 1.29 is 8.83 Å². The average Bonchev–Trinajstić information content (AvgIpc) is 4.07. The molecule has 16 heteroatoms. The summed E-state index contributed by atoms with van der Waals surface area (Å²) in [6.45, 7) is 0. The van der Waals surface area contributed by atoms with Crippen molar-refractivity contribution in [3.63, 3.8) is 0 Å². The molecule has 0 aliphatic carbocycles. The first-order valence-electron chi connectivity index (χ1n) is 21.1. The molecule has 286 valence electrons. The van der Waals surface area contributed by atoms with Crippen LogP contribution in [-0.2, 0) is 0 Å². The van der Waals surface area contributed by atoms with Gasteiger partial charge in [0.2, 0.25) is 0 Å². The Balaban J connectivity index is 1.12. The molecule has 0 unspecified atom stereocenters. The second kappa shape index (κ2) is 15.2. The predicted octanol–water partition coefficient (Wildman–Crippen LogP) is 1.37. The molecule has 6 nitrogen and oxygen atoms in total. The lowest BCUT2D eigenvalue weighted by atomic mass is 9.64. The van der Waals surface area contributed by atoms with E-state index in [2.05, 4.69) is 24.3 Å². The Morgan fingerprint density at radius 2 is 0.836 bits per heavy atom. The van der Waals surface area contributed by atoms with E-state index in [0.29, 0.717) is 77.9 Å². The fraction of sp³-hybridized carbons (Fsp3) is 0. The Bertz CT molecular complexity index is 4110. The Morgan fingerprint density at radius 1 is 0.328 bits per heavy atom. The molecule has 0 aliphatic rings. The lowest BCUT2D eigenvalue weighted by Gasteiger charge is -2.17. The number of nitrogens with zero attached hydrogens (tertiary/aromatic N) is 4. The molecule has 4 aromatic heterocycles. The molecule has 4 heterocycles. The molecule has 0 aliphatic heterocycles. The molecule has 0 bridgehead atoms. The summed E-state index contributed by atoms with van der Waals surface area (Å²) < 4.78 is 15.2. The van der Waals surface area contributed by atoms with E-state index >= 15 is 0 Å². The van der Waals surface area contributed by atoms with Gasteiger partial charge in [-0.2, -0.15) is 0 Å². The van der Waals surface area contributed by atoms with Crippen molar-refractivity contribution in [2.45, 2.75) is 0 Å². The van der Waals surface area contributed by atoms with Gasteiger partial charge < -0.3 is 13.4 Å². The summed E-state index contributed by atoms with van der Waals surface area (Å²) >= 11 is 0. The van der Waals surface area contributed by atoms with Crippen molar-refractivity contribution in [2.75, 3.05) is 0 Å². The third-order valence-electron chi connectivity index (χ3n) is 12.8. The van der Waals surface area contributed by atoms with Gasteiger partial charge in [-0.25, -0.2) is 15.0 Å². The second-order valence-electron chi connectivity index (χ2n) is 16.5. The Morgan fingerprint density at radius 3 is 1.54 bits per heavy atom. The largest absolute Gasteiger partial charge is 0.456 e. The van der Waals surface area contributed by atoms with Gasteiger partial charge in [-0.15, -0.1) is 21.9 Å². The van der Waals surface area contributed by atoms with Gasteiger partial charge in [0.1, 0.15) is 95.2 Å². The van der Waals surface area contributed by atoms with E-state index < -0.39 is 0 Å². The van der Waals surface area contributed by atoms with Crippen LogP contribution in [0.2, 0.25) is 0 Å². The van der Waals surface area contributed by atoms with Crippen LogP contribution in [0.4, 0.5) is 0 Å². The fourth-order valence-electron chi connectivity index (χ4n) is 9.43. The molecule has 0 N–H and O–H groups in total. The van der Waals surface area contributed by atoms with Gasteiger partial charge in [0, 0.05) is 43.8 Å². The van der Waals surface area contributed by atoms with E-state index in [9.17, 15) is 0 Å².